The van der Waals surface area contributed by atoms with Crippen LogP contribution in [0.2, 0.25) is 0 Å². The molecule has 3 rings (SSSR count). The molecule has 0 aliphatic heterocycles. The molecule has 0 aliphatic rings. The Hall–Kier alpha value is -2.50. The summed E-state index contributed by atoms with van der Waals surface area (Å²) in [6.45, 7) is 0. The third kappa shape index (κ3) is 1.35. The average Bonchev–Trinajstić information content (AvgIpc) is 2.82. The second-order valence-electron chi connectivity index (χ2n) is 4.17. The van der Waals surface area contributed by atoms with Crippen LogP contribution in [0.1, 0.15) is 0 Å². The van der Waals surface area contributed by atoms with Gasteiger partial charge in [-0.25, -0.2) is 9.78 Å². The largest absolute Gasteiger partial charge is 0.419 e. The first-order chi connectivity index (χ1) is 8.58. The van der Waals surface area contributed by atoms with Crippen LogP contribution in [0.5, 0.6) is 0 Å². The van der Waals surface area contributed by atoms with Crippen LogP contribution in [-0.2, 0) is 14.1 Å². The molecule has 6 heteroatoms. The van der Waals surface area contributed by atoms with E-state index in [0.717, 1.165) is 16.8 Å². The predicted octanol–water partition coefficient (Wildman–Crippen LogP) is 1.11. The summed E-state index contributed by atoms with van der Waals surface area (Å²) < 4.78 is 8.40. The quantitative estimate of drug-likeness (QED) is 0.695. The lowest BCUT2D eigenvalue weighted by molar-refractivity contribution is 0.528. The van der Waals surface area contributed by atoms with Gasteiger partial charge in [-0.15, -0.1) is 0 Å². The highest BCUT2D eigenvalue weighted by Gasteiger charge is 2.10. The molecule has 0 radical (unpaired) electrons. The van der Waals surface area contributed by atoms with Gasteiger partial charge < -0.3 is 14.7 Å². The third-order valence-corrected chi connectivity index (χ3v) is 3.11. The second-order valence-corrected chi connectivity index (χ2v) is 4.17. The molecule has 1 aromatic carbocycles. The zero-order valence-electron chi connectivity index (χ0n) is 10.0. The highest BCUT2D eigenvalue weighted by molar-refractivity contribution is 5.79. The number of aromatic nitrogens is 3. The topological polar surface area (TPSA) is 79.0 Å². The lowest BCUT2D eigenvalue weighted by Gasteiger charge is -2.03. The fourth-order valence-corrected chi connectivity index (χ4v) is 1.99. The van der Waals surface area contributed by atoms with Crippen LogP contribution in [0.15, 0.2) is 33.6 Å². The molecular weight excluding hydrogens is 232 g/mol. The zero-order valence-corrected chi connectivity index (χ0v) is 10.0. The minimum atomic E-state index is -0.369. The van der Waals surface area contributed by atoms with E-state index >= 15 is 0 Å². The Morgan fingerprint density at radius 2 is 2.06 bits per heavy atom. The summed E-state index contributed by atoms with van der Waals surface area (Å²) in [5, 5.41) is 0. The number of oxazole rings is 1. The van der Waals surface area contributed by atoms with Gasteiger partial charge in [-0.3, -0.25) is 4.57 Å². The molecule has 2 aromatic heterocycles. The van der Waals surface area contributed by atoms with Gasteiger partial charge in [0.2, 0.25) is 0 Å². The van der Waals surface area contributed by atoms with Gasteiger partial charge in [-0.05, 0) is 12.1 Å². The molecule has 6 nitrogen and oxygen atoms in total. The number of nitrogens with zero attached hydrogens (tertiary/aromatic N) is 3. The Morgan fingerprint density at radius 3 is 2.72 bits per heavy atom. The van der Waals surface area contributed by atoms with E-state index in [1.54, 1.807) is 17.8 Å². The summed E-state index contributed by atoms with van der Waals surface area (Å²) in [7, 11) is 3.51. The molecule has 2 N–H and O–H groups in total. The number of nitrogen functional groups attached to an aromatic ring is 1. The molecule has 0 saturated heterocycles. The van der Waals surface area contributed by atoms with Crippen molar-refractivity contribution in [3.8, 4) is 11.3 Å². The first kappa shape index (κ1) is 10.6. The SMILES string of the molecule is Cn1c(-c2ccc3c(c2)oc(=O)n3C)cnc1N. The molecule has 92 valence electrons. The van der Waals surface area contributed by atoms with E-state index in [9.17, 15) is 4.79 Å². The van der Waals surface area contributed by atoms with Crippen LogP contribution in [-0.4, -0.2) is 14.1 Å². The van der Waals surface area contributed by atoms with Crippen molar-refractivity contribution in [3.05, 3.63) is 34.9 Å². The van der Waals surface area contributed by atoms with Gasteiger partial charge >= 0.3 is 5.76 Å². The first-order valence-corrected chi connectivity index (χ1v) is 5.45. The molecule has 0 unspecified atom stereocenters. The molecule has 18 heavy (non-hydrogen) atoms. The molecule has 0 spiro atoms. The Kier molecular flexibility index (Phi) is 2.07. The van der Waals surface area contributed by atoms with Crippen LogP contribution in [0, 0.1) is 0 Å². The number of benzene rings is 1. The molecule has 0 bridgehead atoms. The fourth-order valence-electron chi connectivity index (χ4n) is 1.99. The molecule has 3 aromatic rings. The van der Waals surface area contributed by atoms with Crippen molar-refractivity contribution in [2.45, 2.75) is 0 Å². The minimum Gasteiger partial charge on any atom is -0.408 e. The van der Waals surface area contributed by atoms with Crippen LogP contribution >= 0.6 is 0 Å². The number of hydrogen-bond donors (Lipinski definition) is 1. The summed E-state index contributed by atoms with van der Waals surface area (Å²) in [4.78, 5) is 15.5. The van der Waals surface area contributed by atoms with E-state index in [4.69, 9.17) is 10.2 Å². The van der Waals surface area contributed by atoms with E-state index in [1.165, 1.54) is 4.57 Å². The van der Waals surface area contributed by atoms with Gasteiger partial charge in [0, 0.05) is 19.7 Å². The Labute approximate surface area is 102 Å². The van der Waals surface area contributed by atoms with Crippen LogP contribution in [0.25, 0.3) is 22.4 Å². The highest BCUT2D eigenvalue weighted by Crippen LogP contribution is 2.24. The molecule has 0 atom stereocenters. The van der Waals surface area contributed by atoms with Crippen molar-refractivity contribution < 1.29 is 4.42 Å². The highest BCUT2D eigenvalue weighted by atomic mass is 16.4. The van der Waals surface area contributed by atoms with Crippen LogP contribution < -0.4 is 11.5 Å². The van der Waals surface area contributed by atoms with Gasteiger partial charge in [0.15, 0.2) is 11.5 Å². The number of anilines is 1. The summed E-state index contributed by atoms with van der Waals surface area (Å²) in [5.74, 6) is 0.0753. The zero-order chi connectivity index (χ0) is 12.9. The molecule has 0 saturated carbocycles. The number of imidazole rings is 1. The Balaban J connectivity index is 2.25. The molecule has 0 fully saturated rings. The monoisotopic (exact) mass is 244 g/mol. The van der Waals surface area contributed by atoms with Gasteiger partial charge in [0.1, 0.15) is 0 Å². The number of hydrogen-bond acceptors (Lipinski definition) is 4. The normalized spacial score (nSPS) is 11.2. The van der Waals surface area contributed by atoms with Crippen molar-refractivity contribution in [3.63, 3.8) is 0 Å². The Bertz CT molecular complexity index is 794. The minimum absolute atomic E-state index is 0.369. The summed E-state index contributed by atoms with van der Waals surface area (Å²) in [6.07, 6.45) is 1.69. The van der Waals surface area contributed by atoms with Crippen molar-refractivity contribution in [2.75, 3.05) is 5.73 Å². The standard InChI is InChI=1S/C12H12N4O2/c1-15-9(6-14-11(15)13)7-3-4-8-10(5-7)18-12(17)16(8)2/h3-6H,1-2H3,(H2,13,14). The predicted molar refractivity (Wildman–Crippen MR) is 68.1 cm³/mol. The average molecular weight is 244 g/mol. The van der Waals surface area contributed by atoms with Gasteiger partial charge in [-0.2, -0.15) is 0 Å². The lowest BCUT2D eigenvalue weighted by atomic mass is 10.1. The van der Waals surface area contributed by atoms with Gasteiger partial charge in [0.25, 0.3) is 0 Å². The van der Waals surface area contributed by atoms with Crippen LogP contribution in [0.4, 0.5) is 5.95 Å². The third-order valence-electron chi connectivity index (χ3n) is 3.11. The number of rotatable bonds is 1. The molecule has 0 amide bonds. The Morgan fingerprint density at radius 1 is 1.28 bits per heavy atom. The lowest BCUT2D eigenvalue weighted by Crippen LogP contribution is -2.08. The summed E-state index contributed by atoms with van der Waals surface area (Å²) in [5.41, 5.74) is 8.79. The first-order valence-electron chi connectivity index (χ1n) is 5.45. The number of nitrogens with two attached hydrogens (primary N) is 1. The summed E-state index contributed by atoms with van der Waals surface area (Å²) >= 11 is 0. The van der Waals surface area contributed by atoms with E-state index in [2.05, 4.69) is 4.98 Å². The maximum absolute atomic E-state index is 11.4. The number of fused-ring (bicyclic) bond motifs is 1. The van der Waals surface area contributed by atoms with Gasteiger partial charge in [0.05, 0.1) is 17.4 Å². The van der Waals surface area contributed by atoms with Crippen molar-refractivity contribution in [1.82, 2.24) is 14.1 Å². The van der Waals surface area contributed by atoms with Crippen molar-refractivity contribution >= 4 is 17.0 Å². The van der Waals surface area contributed by atoms with Crippen LogP contribution in [0.3, 0.4) is 0 Å². The maximum Gasteiger partial charge on any atom is 0.419 e. The van der Waals surface area contributed by atoms with Crippen molar-refractivity contribution in [2.24, 2.45) is 14.1 Å². The maximum atomic E-state index is 11.4. The molecule has 2 heterocycles. The number of aryl methyl sites for hydroxylation is 1. The van der Waals surface area contributed by atoms with E-state index in [1.807, 2.05) is 25.2 Å². The smallest absolute Gasteiger partial charge is 0.408 e. The summed E-state index contributed by atoms with van der Waals surface area (Å²) in [6, 6.07) is 5.57. The molecule has 0 aliphatic carbocycles. The second kappa shape index (κ2) is 3.49. The van der Waals surface area contributed by atoms with Gasteiger partial charge in [-0.1, -0.05) is 6.07 Å². The van der Waals surface area contributed by atoms with E-state index in [-0.39, 0.29) is 5.76 Å². The fraction of sp³-hybridized carbons (Fsp3) is 0.167. The molecular formula is C12H12N4O2. The van der Waals surface area contributed by atoms with E-state index in [0.29, 0.717) is 11.5 Å². The van der Waals surface area contributed by atoms with Crippen molar-refractivity contribution in [1.29, 1.82) is 0 Å². The van der Waals surface area contributed by atoms with E-state index < -0.39 is 0 Å².